The molecular weight excluding hydrogens is 200 g/mol. The lowest BCUT2D eigenvalue weighted by Crippen LogP contribution is -2.20. The molecule has 0 aromatic heterocycles. The van der Waals surface area contributed by atoms with Crippen molar-refractivity contribution in [3.63, 3.8) is 0 Å². The second-order valence-corrected chi connectivity index (χ2v) is 3.80. The van der Waals surface area contributed by atoms with Crippen LogP contribution in [-0.2, 0) is 4.79 Å². The summed E-state index contributed by atoms with van der Waals surface area (Å²) in [5, 5.41) is 2.55. The van der Waals surface area contributed by atoms with Gasteiger partial charge in [-0.25, -0.2) is 8.78 Å². The van der Waals surface area contributed by atoms with Gasteiger partial charge in [0.05, 0.1) is 6.04 Å². The van der Waals surface area contributed by atoms with Gasteiger partial charge in [0.15, 0.2) is 0 Å². The smallest absolute Gasteiger partial charge is 0.220 e. The zero-order chi connectivity index (χ0) is 11.0. The molecular formula is C11H11F2NO. The average Bonchev–Trinajstić information content (AvgIpc) is 2.49. The van der Waals surface area contributed by atoms with Crippen molar-refractivity contribution in [3.8, 4) is 0 Å². The number of nitrogens with one attached hydrogen (secondary N) is 1. The maximum atomic E-state index is 13.5. The summed E-state index contributed by atoms with van der Waals surface area (Å²) >= 11 is 0. The minimum Gasteiger partial charge on any atom is -0.349 e. The van der Waals surface area contributed by atoms with Crippen LogP contribution in [0.2, 0.25) is 0 Å². The Morgan fingerprint density at radius 3 is 2.40 bits per heavy atom. The van der Waals surface area contributed by atoms with Crippen molar-refractivity contribution < 1.29 is 13.6 Å². The van der Waals surface area contributed by atoms with Gasteiger partial charge in [0.1, 0.15) is 11.6 Å². The fourth-order valence-corrected chi connectivity index (χ4v) is 1.87. The first-order valence-electron chi connectivity index (χ1n) is 4.83. The molecule has 0 aliphatic carbocycles. The Bertz CT molecular complexity index is 394. The predicted molar refractivity (Wildman–Crippen MR) is 51.2 cm³/mol. The van der Waals surface area contributed by atoms with E-state index in [0.717, 1.165) is 0 Å². The molecule has 2 nitrogen and oxygen atoms in total. The van der Waals surface area contributed by atoms with Crippen molar-refractivity contribution in [1.82, 2.24) is 5.32 Å². The van der Waals surface area contributed by atoms with Crippen molar-refractivity contribution in [2.45, 2.75) is 25.8 Å². The number of benzene rings is 1. The van der Waals surface area contributed by atoms with Crippen LogP contribution < -0.4 is 5.32 Å². The van der Waals surface area contributed by atoms with E-state index in [1.807, 2.05) is 0 Å². The van der Waals surface area contributed by atoms with Crippen LogP contribution in [0.15, 0.2) is 12.1 Å². The Morgan fingerprint density at radius 2 is 1.93 bits per heavy atom. The van der Waals surface area contributed by atoms with Gasteiger partial charge >= 0.3 is 0 Å². The third-order valence-electron chi connectivity index (χ3n) is 2.57. The molecule has 1 aliphatic heterocycles. The quantitative estimate of drug-likeness (QED) is 0.758. The van der Waals surface area contributed by atoms with E-state index in [1.165, 1.54) is 12.1 Å². The van der Waals surface area contributed by atoms with Crippen LogP contribution in [-0.4, -0.2) is 5.91 Å². The van der Waals surface area contributed by atoms with Crippen LogP contribution in [0.5, 0.6) is 0 Å². The van der Waals surface area contributed by atoms with Gasteiger partial charge in [-0.15, -0.1) is 0 Å². The van der Waals surface area contributed by atoms with Crippen molar-refractivity contribution >= 4 is 5.91 Å². The molecule has 1 atom stereocenters. The molecule has 0 bridgehead atoms. The molecule has 1 N–H and O–H groups in total. The van der Waals surface area contributed by atoms with Gasteiger partial charge in [-0.1, -0.05) is 0 Å². The highest BCUT2D eigenvalue weighted by Gasteiger charge is 2.27. The SMILES string of the molecule is Cc1cc(F)c(C2CCC(=O)N2)c(F)c1. The summed E-state index contributed by atoms with van der Waals surface area (Å²) < 4.78 is 27.0. The van der Waals surface area contributed by atoms with E-state index >= 15 is 0 Å². The third kappa shape index (κ3) is 1.84. The monoisotopic (exact) mass is 211 g/mol. The van der Waals surface area contributed by atoms with E-state index in [-0.39, 0.29) is 11.5 Å². The maximum Gasteiger partial charge on any atom is 0.220 e. The van der Waals surface area contributed by atoms with Gasteiger partial charge in [0.2, 0.25) is 5.91 Å². The molecule has 1 aliphatic rings. The second kappa shape index (κ2) is 3.61. The Kier molecular flexibility index (Phi) is 2.42. The highest BCUT2D eigenvalue weighted by molar-refractivity contribution is 5.78. The molecule has 0 saturated carbocycles. The molecule has 1 aromatic carbocycles. The summed E-state index contributed by atoms with van der Waals surface area (Å²) in [5.41, 5.74) is 0.518. The maximum absolute atomic E-state index is 13.5. The minimum atomic E-state index is -0.584. The van der Waals surface area contributed by atoms with E-state index in [0.29, 0.717) is 18.4 Å². The molecule has 0 spiro atoms. The fourth-order valence-electron chi connectivity index (χ4n) is 1.87. The molecule has 1 heterocycles. The van der Waals surface area contributed by atoms with Gasteiger partial charge < -0.3 is 5.32 Å². The van der Waals surface area contributed by atoms with Crippen LogP contribution in [0.3, 0.4) is 0 Å². The first kappa shape index (κ1) is 10.1. The van der Waals surface area contributed by atoms with Crippen LogP contribution in [0.4, 0.5) is 8.78 Å². The number of rotatable bonds is 1. The molecule has 4 heteroatoms. The van der Waals surface area contributed by atoms with E-state index in [2.05, 4.69) is 5.32 Å². The fraction of sp³-hybridized carbons (Fsp3) is 0.364. The van der Waals surface area contributed by atoms with E-state index in [4.69, 9.17) is 0 Å². The number of hydrogen-bond donors (Lipinski definition) is 1. The normalized spacial score (nSPS) is 20.5. The lowest BCUT2D eigenvalue weighted by molar-refractivity contribution is -0.119. The van der Waals surface area contributed by atoms with Crippen LogP contribution in [0, 0.1) is 18.6 Å². The van der Waals surface area contributed by atoms with Crippen LogP contribution in [0.1, 0.15) is 30.0 Å². The highest BCUT2D eigenvalue weighted by Crippen LogP contribution is 2.28. The lowest BCUT2D eigenvalue weighted by atomic mass is 10.0. The number of halogens is 2. The zero-order valence-corrected chi connectivity index (χ0v) is 8.31. The largest absolute Gasteiger partial charge is 0.349 e. The van der Waals surface area contributed by atoms with Crippen molar-refractivity contribution in [2.24, 2.45) is 0 Å². The summed E-state index contributed by atoms with van der Waals surface area (Å²) in [6.45, 7) is 1.63. The number of carbonyl (C=O) groups excluding carboxylic acids is 1. The Morgan fingerprint density at radius 1 is 1.33 bits per heavy atom. The van der Waals surface area contributed by atoms with Gasteiger partial charge in [-0.05, 0) is 31.0 Å². The van der Waals surface area contributed by atoms with E-state index in [9.17, 15) is 13.6 Å². The van der Waals surface area contributed by atoms with Crippen LogP contribution in [0.25, 0.3) is 0 Å². The molecule has 1 fully saturated rings. The Labute approximate surface area is 86.3 Å². The summed E-state index contributed by atoms with van der Waals surface area (Å²) in [4.78, 5) is 11.0. The third-order valence-corrected chi connectivity index (χ3v) is 2.57. The van der Waals surface area contributed by atoms with Gasteiger partial charge in [0.25, 0.3) is 0 Å². The molecule has 15 heavy (non-hydrogen) atoms. The van der Waals surface area contributed by atoms with Crippen LogP contribution >= 0.6 is 0 Å². The first-order valence-corrected chi connectivity index (χ1v) is 4.83. The highest BCUT2D eigenvalue weighted by atomic mass is 19.1. The summed E-state index contributed by atoms with van der Waals surface area (Å²) in [6, 6.07) is 2.05. The van der Waals surface area contributed by atoms with Crippen molar-refractivity contribution in [1.29, 1.82) is 0 Å². The van der Waals surface area contributed by atoms with Crippen molar-refractivity contribution in [3.05, 3.63) is 34.9 Å². The van der Waals surface area contributed by atoms with Gasteiger partial charge in [-0.3, -0.25) is 4.79 Å². The predicted octanol–water partition coefficient (Wildman–Crippen LogP) is 2.22. The zero-order valence-electron chi connectivity index (χ0n) is 8.31. The summed E-state index contributed by atoms with van der Waals surface area (Å²) in [5.74, 6) is -1.32. The lowest BCUT2D eigenvalue weighted by Gasteiger charge is -2.13. The standard InChI is InChI=1S/C11H11F2NO/c1-6-4-7(12)11(8(13)5-6)9-2-3-10(15)14-9/h4-5,9H,2-3H2,1H3,(H,14,15). The van der Waals surface area contributed by atoms with Crippen molar-refractivity contribution in [2.75, 3.05) is 0 Å². The topological polar surface area (TPSA) is 29.1 Å². The summed E-state index contributed by atoms with van der Waals surface area (Å²) in [7, 11) is 0. The average molecular weight is 211 g/mol. The molecule has 80 valence electrons. The Hall–Kier alpha value is -1.45. The number of amides is 1. The molecule has 2 rings (SSSR count). The molecule has 1 aromatic rings. The number of hydrogen-bond acceptors (Lipinski definition) is 1. The summed E-state index contributed by atoms with van der Waals surface area (Å²) in [6.07, 6.45) is 0.785. The van der Waals surface area contributed by atoms with Gasteiger partial charge in [0, 0.05) is 12.0 Å². The first-order chi connectivity index (χ1) is 7.08. The number of carbonyl (C=O) groups is 1. The molecule has 1 amide bonds. The molecule has 1 saturated heterocycles. The van der Waals surface area contributed by atoms with E-state index < -0.39 is 17.7 Å². The molecule has 1 unspecified atom stereocenters. The van der Waals surface area contributed by atoms with E-state index in [1.54, 1.807) is 6.92 Å². The minimum absolute atomic E-state index is 0.0218. The van der Waals surface area contributed by atoms with Gasteiger partial charge in [-0.2, -0.15) is 0 Å². The Balaban J connectivity index is 2.39. The molecule has 0 radical (unpaired) electrons. The number of aryl methyl sites for hydroxylation is 1. The second-order valence-electron chi connectivity index (χ2n) is 3.80.